The summed E-state index contributed by atoms with van der Waals surface area (Å²) < 4.78 is 12.3. The van der Waals surface area contributed by atoms with Crippen LogP contribution < -0.4 is 14.8 Å². The summed E-state index contributed by atoms with van der Waals surface area (Å²) in [4.78, 5) is 28.4. The van der Waals surface area contributed by atoms with Crippen molar-refractivity contribution in [2.24, 2.45) is 0 Å². The van der Waals surface area contributed by atoms with E-state index in [1.807, 2.05) is 72.8 Å². The van der Waals surface area contributed by atoms with Crippen molar-refractivity contribution in [1.82, 2.24) is 20.0 Å². The fraction of sp³-hybridized carbons (Fsp3) is 0.233. The number of nitrogens with one attached hydrogen (secondary N) is 1. The van der Waals surface area contributed by atoms with Crippen molar-refractivity contribution >= 4 is 11.8 Å². The third-order valence-corrected chi connectivity index (χ3v) is 6.68. The first-order valence-electron chi connectivity index (χ1n) is 12.5. The van der Waals surface area contributed by atoms with E-state index >= 15 is 0 Å². The van der Waals surface area contributed by atoms with Crippen LogP contribution in [0, 0.1) is 0 Å². The molecule has 1 aliphatic heterocycles. The molecular weight excluding hydrogens is 480 g/mol. The highest BCUT2D eigenvalue weighted by Gasteiger charge is 2.29. The topological polar surface area (TPSA) is 85.7 Å². The van der Waals surface area contributed by atoms with E-state index in [1.165, 1.54) is 0 Å². The average molecular weight is 511 g/mol. The molecule has 0 unspecified atom stereocenters. The second-order valence-electron chi connectivity index (χ2n) is 9.21. The monoisotopic (exact) mass is 510 g/mol. The van der Waals surface area contributed by atoms with Gasteiger partial charge in [0.1, 0.15) is 17.2 Å². The molecule has 1 atom stereocenters. The van der Waals surface area contributed by atoms with Crippen LogP contribution in [0.5, 0.6) is 11.5 Å². The van der Waals surface area contributed by atoms with Crippen LogP contribution in [0.2, 0.25) is 0 Å². The zero-order valence-electron chi connectivity index (χ0n) is 21.5. The number of carbonyl (C=O) groups excluding carboxylic acids is 2. The van der Waals surface area contributed by atoms with E-state index in [9.17, 15) is 9.59 Å². The van der Waals surface area contributed by atoms with Crippen LogP contribution in [0.1, 0.15) is 43.7 Å². The molecule has 8 heteroatoms. The number of ether oxygens (including phenoxy) is 2. The van der Waals surface area contributed by atoms with Crippen molar-refractivity contribution in [2.45, 2.75) is 25.6 Å². The summed E-state index contributed by atoms with van der Waals surface area (Å²) in [7, 11) is 3.19. The highest BCUT2D eigenvalue weighted by Crippen LogP contribution is 2.25. The van der Waals surface area contributed by atoms with Gasteiger partial charge < -0.3 is 19.7 Å². The Kier molecular flexibility index (Phi) is 7.40. The van der Waals surface area contributed by atoms with E-state index in [0.717, 1.165) is 16.7 Å². The Balaban J connectivity index is 1.33. The van der Waals surface area contributed by atoms with Gasteiger partial charge in [0, 0.05) is 25.2 Å². The molecule has 0 saturated carbocycles. The standard InChI is InChI=1S/C30H30N4O4/c1-37-24-15-22(16-25(18-24)38-2)20-33-13-14-34-28(30(33)36)19-27(32-34)29(35)31-26(23-11-7-4-8-12-23)17-21-9-5-3-6-10-21/h3-12,15-16,18-19,26H,13-14,17,20H2,1-2H3,(H,31,35)/t26-/m1/s1. The smallest absolute Gasteiger partial charge is 0.272 e. The van der Waals surface area contributed by atoms with Crippen LogP contribution in [-0.2, 0) is 19.5 Å². The lowest BCUT2D eigenvalue weighted by Gasteiger charge is -2.27. The molecule has 1 aliphatic rings. The summed E-state index contributed by atoms with van der Waals surface area (Å²) in [6, 6.07) is 26.8. The average Bonchev–Trinajstić information content (AvgIpc) is 3.40. The third-order valence-electron chi connectivity index (χ3n) is 6.68. The fourth-order valence-corrected chi connectivity index (χ4v) is 4.70. The zero-order valence-corrected chi connectivity index (χ0v) is 21.5. The zero-order chi connectivity index (χ0) is 26.5. The third kappa shape index (κ3) is 5.54. The predicted molar refractivity (Wildman–Crippen MR) is 143 cm³/mol. The molecule has 1 N–H and O–H groups in total. The maximum Gasteiger partial charge on any atom is 0.272 e. The molecule has 38 heavy (non-hydrogen) atoms. The number of amides is 2. The molecule has 0 spiro atoms. The Labute approximate surface area is 221 Å². The molecule has 0 saturated heterocycles. The SMILES string of the molecule is COc1cc(CN2CCn3nc(C(=O)N[C@H](Cc4ccccc4)c4ccccc4)cc3C2=O)cc(OC)c1. The van der Waals surface area contributed by atoms with Gasteiger partial charge in [-0.05, 0) is 35.2 Å². The minimum absolute atomic E-state index is 0.173. The van der Waals surface area contributed by atoms with Crippen LogP contribution in [-0.4, -0.2) is 47.3 Å². The molecule has 2 heterocycles. The molecule has 2 amide bonds. The first-order valence-corrected chi connectivity index (χ1v) is 12.5. The Hall–Kier alpha value is -4.59. The number of benzene rings is 3. The van der Waals surface area contributed by atoms with Crippen molar-refractivity contribution in [3.05, 3.63) is 113 Å². The lowest BCUT2D eigenvalue weighted by atomic mass is 9.98. The van der Waals surface area contributed by atoms with Gasteiger partial charge in [-0.2, -0.15) is 5.10 Å². The summed E-state index contributed by atoms with van der Waals surface area (Å²) in [5.41, 5.74) is 3.64. The van der Waals surface area contributed by atoms with E-state index in [0.29, 0.717) is 43.2 Å². The van der Waals surface area contributed by atoms with Gasteiger partial charge in [-0.3, -0.25) is 14.3 Å². The van der Waals surface area contributed by atoms with E-state index in [4.69, 9.17) is 9.47 Å². The molecule has 5 rings (SSSR count). The first-order chi connectivity index (χ1) is 18.5. The number of hydrogen-bond donors (Lipinski definition) is 1. The second kappa shape index (κ2) is 11.2. The Morgan fingerprint density at radius 1 is 0.895 bits per heavy atom. The Morgan fingerprint density at radius 3 is 2.21 bits per heavy atom. The molecule has 3 aromatic carbocycles. The molecule has 8 nitrogen and oxygen atoms in total. The summed E-state index contributed by atoms with van der Waals surface area (Å²) >= 11 is 0. The molecule has 0 bridgehead atoms. The normalized spacial score (nSPS) is 13.5. The van der Waals surface area contributed by atoms with Crippen molar-refractivity contribution < 1.29 is 19.1 Å². The minimum Gasteiger partial charge on any atom is -0.497 e. The molecule has 0 fully saturated rings. The van der Waals surface area contributed by atoms with Crippen molar-refractivity contribution in [1.29, 1.82) is 0 Å². The summed E-state index contributed by atoms with van der Waals surface area (Å²) in [6.07, 6.45) is 0.640. The molecular formula is C30H30N4O4. The lowest BCUT2D eigenvalue weighted by Crippen LogP contribution is -2.39. The summed E-state index contributed by atoms with van der Waals surface area (Å²) in [5, 5.41) is 7.60. The van der Waals surface area contributed by atoms with E-state index in [-0.39, 0.29) is 23.6 Å². The Morgan fingerprint density at radius 2 is 1.55 bits per heavy atom. The van der Waals surface area contributed by atoms with Gasteiger partial charge in [0.05, 0.1) is 26.8 Å². The van der Waals surface area contributed by atoms with Gasteiger partial charge in [0.15, 0.2) is 5.69 Å². The molecule has 0 aliphatic carbocycles. The predicted octanol–water partition coefficient (Wildman–Crippen LogP) is 4.27. The first kappa shape index (κ1) is 25.1. The lowest BCUT2D eigenvalue weighted by molar-refractivity contribution is 0.0682. The number of rotatable bonds is 9. The van der Waals surface area contributed by atoms with Crippen molar-refractivity contribution in [3.8, 4) is 11.5 Å². The van der Waals surface area contributed by atoms with Crippen molar-refractivity contribution in [2.75, 3.05) is 20.8 Å². The number of nitrogens with zero attached hydrogens (tertiary/aromatic N) is 3. The number of aromatic nitrogens is 2. The van der Waals surface area contributed by atoms with Gasteiger partial charge in [-0.15, -0.1) is 0 Å². The van der Waals surface area contributed by atoms with E-state index in [1.54, 1.807) is 35.9 Å². The van der Waals surface area contributed by atoms with E-state index < -0.39 is 0 Å². The maximum absolute atomic E-state index is 13.3. The van der Waals surface area contributed by atoms with Crippen molar-refractivity contribution in [3.63, 3.8) is 0 Å². The van der Waals surface area contributed by atoms with Gasteiger partial charge in [-0.1, -0.05) is 60.7 Å². The Bertz CT molecular complexity index is 1400. The maximum atomic E-state index is 13.3. The van der Waals surface area contributed by atoms with Gasteiger partial charge in [0.2, 0.25) is 0 Å². The highest BCUT2D eigenvalue weighted by atomic mass is 16.5. The largest absolute Gasteiger partial charge is 0.497 e. The fourth-order valence-electron chi connectivity index (χ4n) is 4.70. The molecule has 0 radical (unpaired) electrons. The van der Waals surface area contributed by atoms with Gasteiger partial charge in [0.25, 0.3) is 11.8 Å². The van der Waals surface area contributed by atoms with Crippen LogP contribution >= 0.6 is 0 Å². The number of fused-ring (bicyclic) bond motifs is 1. The summed E-state index contributed by atoms with van der Waals surface area (Å²) in [6.45, 7) is 1.38. The molecule has 194 valence electrons. The van der Waals surface area contributed by atoms with Crippen LogP contribution in [0.4, 0.5) is 0 Å². The molecule has 1 aromatic heterocycles. The van der Waals surface area contributed by atoms with Gasteiger partial charge in [-0.25, -0.2) is 0 Å². The quantitative estimate of drug-likeness (QED) is 0.364. The number of methoxy groups -OCH3 is 2. The number of hydrogen-bond acceptors (Lipinski definition) is 5. The van der Waals surface area contributed by atoms with Crippen LogP contribution in [0.3, 0.4) is 0 Å². The summed E-state index contributed by atoms with van der Waals surface area (Å²) in [5.74, 6) is 0.842. The highest BCUT2D eigenvalue weighted by molar-refractivity contribution is 5.98. The second-order valence-corrected chi connectivity index (χ2v) is 9.21. The number of carbonyl (C=O) groups is 2. The van der Waals surface area contributed by atoms with Crippen LogP contribution in [0.25, 0.3) is 0 Å². The minimum atomic E-state index is -0.312. The van der Waals surface area contributed by atoms with Crippen LogP contribution in [0.15, 0.2) is 84.9 Å². The molecule has 4 aromatic rings. The van der Waals surface area contributed by atoms with E-state index in [2.05, 4.69) is 10.4 Å². The van der Waals surface area contributed by atoms with Gasteiger partial charge >= 0.3 is 0 Å².